The van der Waals surface area contributed by atoms with E-state index in [4.69, 9.17) is 13.6 Å². The number of hydrogen-bond acceptors (Lipinski definition) is 4. The normalized spacial score (nSPS) is 32.1. The molecule has 46 heavy (non-hydrogen) atoms. The van der Waals surface area contributed by atoms with Crippen molar-refractivity contribution in [3.8, 4) is 0 Å². The molecule has 262 valence electrons. The maximum Gasteiger partial charge on any atom is 0.224 e. The third kappa shape index (κ3) is 6.75. The van der Waals surface area contributed by atoms with E-state index < -0.39 is 22.2 Å². The van der Waals surface area contributed by atoms with Gasteiger partial charge in [0, 0.05) is 19.5 Å². The highest BCUT2D eigenvalue weighted by atomic mass is 28.4. The SMILES string of the molecule is CN(C)C(=O)CCOC(C)(C)C1=CC[C@H]2C3=CC=C4CC(O[Si](C)(C)C(C)(C)C)CC(O[Si](C)(C)C(C)(C)C)[C@]4(C)[C@H]3CC[C@]12C. The van der Waals surface area contributed by atoms with Crippen LogP contribution in [0.4, 0.5) is 0 Å². The maximum atomic E-state index is 12.2. The third-order valence-electron chi connectivity index (χ3n) is 13.6. The highest BCUT2D eigenvalue weighted by molar-refractivity contribution is 6.74. The Morgan fingerprint density at radius 3 is 2.07 bits per heavy atom. The fraction of sp³-hybridized carbons (Fsp3) is 0.821. The molecule has 2 fully saturated rings. The number of fused-ring (bicyclic) bond motifs is 5. The van der Waals surface area contributed by atoms with Crippen LogP contribution in [-0.4, -0.2) is 66.0 Å². The maximum absolute atomic E-state index is 12.2. The van der Waals surface area contributed by atoms with Gasteiger partial charge in [-0.05, 0) is 105 Å². The van der Waals surface area contributed by atoms with Gasteiger partial charge in [-0.2, -0.15) is 0 Å². The highest BCUT2D eigenvalue weighted by Gasteiger charge is 2.60. The van der Waals surface area contributed by atoms with Gasteiger partial charge in [0.15, 0.2) is 16.6 Å². The Labute approximate surface area is 285 Å². The molecule has 0 N–H and O–H groups in total. The number of rotatable bonds is 9. The Bertz CT molecular complexity index is 1260. The summed E-state index contributed by atoms with van der Waals surface area (Å²) in [4.78, 5) is 13.9. The molecule has 0 aliphatic heterocycles. The van der Waals surface area contributed by atoms with Crippen LogP contribution in [0.2, 0.25) is 36.3 Å². The van der Waals surface area contributed by atoms with Gasteiger partial charge in [-0.15, -0.1) is 0 Å². The summed E-state index contributed by atoms with van der Waals surface area (Å²) in [7, 11) is -0.360. The fourth-order valence-electron chi connectivity index (χ4n) is 8.61. The molecule has 0 aromatic heterocycles. The lowest BCUT2D eigenvalue weighted by Gasteiger charge is -2.59. The van der Waals surface area contributed by atoms with Crippen LogP contribution >= 0.6 is 0 Å². The molecule has 0 bridgehead atoms. The zero-order valence-corrected chi connectivity index (χ0v) is 34.6. The average molecular weight is 672 g/mol. The second-order valence-corrected chi connectivity index (χ2v) is 28.8. The van der Waals surface area contributed by atoms with Crippen LogP contribution in [0, 0.1) is 22.7 Å². The van der Waals surface area contributed by atoms with E-state index in [-0.39, 0.29) is 39.0 Å². The number of allylic oxidation sites excluding steroid dienone is 4. The van der Waals surface area contributed by atoms with Crippen LogP contribution in [0.1, 0.15) is 108 Å². The van der Waals surface area contributed by atoms with Crippen LogP contribution < -0.4 is 0 Å². The van der Waals surface area contributed by atoms with Gasteiger partial charge in [-0.25, -0.2) is 0 Å². The lowest BCUT2D eigenvalue weighted by molar-refractivity contribution is -0.130. The molecule has 1 amide bonds. The molecule has 0 aromatic rings. The Hall–Kier alpha value is -0.996. The van der Waals surface area contributed by atoms with Crippen molar-refractivity contribution in [2.45, 2.75) is 162 Å². The quantitative estimate of drug-likeness (QED) is 0.181. The minimum absolute atomic E-state index is 0.0322. The number of ether oxygens (including phenoxy) is 1. The zero-order chi connectivity index (χ0) is 34.9. The first-order chi connectivity index (χ1) is 20.8. The Morgan fingerprint density at radius 2 is 1.50 bits per heavy atom. The van der Waals surface area contributed by atoms with Crippen molar-refractivity contribution in [2.24, 2.45) is 22.7 Å². The molecule has 2 unspecified atom stereocenters. The van der Waals surface area contributed by atoms with Crippen molar-refractivity contribution in [1.82, 2.24) is 4.90 Å². The molecule has 7 heteroatoms. The van der Waals surface area contributed by atoms with E-state index in [1.54, 1.807) is 16.0 Å². The van der Waals surface area contributed by atoms with Crippen molar-refractivity contribution >= 4 is 22.5 Å². The van der Waals surface area contributed by atoms with E-state index >= 15 is 0 Å². The molecule has 4 rings (SSSR count). The van der Waals surface area contributed by atoms with E-state index in [9.17, 15) is 4.79 Å². The first-order valence-corrected chi connectivity index (χ1v) is 23.9. The molecule has 6 atom stereocenters. The second-order valence-electron chi connectivity index (χ2n) is 19.3. The van der Waals surface area contributed by atoms with Gasteiger partial charge in [0.2, 0.25) is 5.91 Å². The second kappa shape index (κ2) is 12.4. The summed E-state index contributed by atoms with van der Waals surface area (Å²) in [5.74, 6) is 1.06. The van der Waals surface area contributed by atoms with Crippen molar-refractivity contribution in [3.05, 3.63) is 34.9 Å². The number of nitrogens with zero attached hydrogens (tertiary/aromatic N) is 1. The van der Waals surface area contributed by atoms with Gasteiger partial charge in [0.25, 0.3) is 0 Å². The summed E-state index contributed by atoms with van der Waals surface area (Å²) in [5.41, 5.74) is 4.20. The highest BCUT2D eigenvalue weighted by Crippen LogP contribution is 2.66. The zero-order valence-electron chi connectivity index (χ0n) is 32.6. The van der Waals surface area contributed by atoms with E-state index in [0.717, 1.165) is 32.1 Å². The van der Waals surface area contributed by atoms with E-state index in [2.05, 4.69) is 114 Å². The molecule has 4 aliphatic rings. The Kier molecular flexibility index (Phi) is 10.2. The molecular formula is C39H69NO4Si2. The monoisotopic (exact) mass is 671 g/mol. The Balaban J connectivity index is 1.66. The van der Waals surface area contributed by atoms with E-state index in [1.165, 1.54) is 5.57 Å². The molecule has 0 heterocycles. The van der Waals surface area contributed by atoms with Gasteiger partial charge in [-0.1, -0.05) is 84.8 Å². The molecule has 0 spiro atoms. The van der Waals surface area contributed by atoms with Gasteiger partial charge in [-0.3, -0.25) is 4.79 Å². The molecule has 0 saturated heterocycles. The number of amides is 1. The lowest BCUT2D eigenvalue weighted by Crippen LogP contribution is -2.58. The molecule has 4 aliphatic carbocycles. The summed E-state index contributed by atoms with van der Waals surface area (Å²) in [5, 5.41) is 0.323. The van der Waals surface area contributed by atoms with Gasteiger partial charge < -0.3 is 18.5 Å². The third-order valence-corrected chi connectivity index (χ3v) is 22.6. The average Bonchev–Trinajstić information content (AvgIpc) is 3.25. The number of hydrogen-bond donors (Lipinski definition) is 0. The van der Waals surface area contributed by atoms with Gasteiger partial charge in [0.05, 0.1) is 30.8 Å². The standard InChI is InChI=1S/C39H69NO4Si2/c1-35(2,3)45(13,14)43-28-25-27-17-18-29-30-19-20-32(37(7,8)42-24-22-34(41)40(11)12)38(30,9)23-21-31(29)39(27,10)33(26-28)44-46(15,16)36(4,5)6/h17-18,20,28,30-31,33H,19,21-26H2,1-16H3/t28?,30-,31-,33?,38-,39-/m0/s1. The van der Waals surface area contributed by atoms with Crippen LogP contribution in [-0.2, 0) is 18.4 Å². The number of carbonyl (C=O) groups is 1. The molecule has 2 saturated carbocycles. The van der Waals surface area contributed by atoms with Gasteiger partial charge in [0.1, 0.15) is 0 Å². The fourth-order valence-corrected chi connectivity index (χ4v) is 11.4. The van der Waals surface area contributed by atoms with Crippen molar-refractivity contribution in [2.75, 3.05) is 20.7 Å². The summed E-state index contributed by atoms with van der Waals surface area (Å²) in [6.45, 7) is 33.7. The smallest absolute Gasteiger partial charge is 0.224 e. The van der Waals surface area contributed by atoms with E-state index in [1.807, 2.05) is 14.1 Å². The molecule has 0 aromatic carbocycles. The van der Waals surface area contributed by atoms with Crippen LogP contribution in [0.3, 0.4) is 0 Å². The lowest BCUT2D eigenvalue weighted by atomic mass is 9.49. The summed E-state index contributed by atoms with van der Waals surface area (Å²) in [6.07, 6.45) is 13.6. The summed E-state index contributed by atoms with van der Waals surface area (Å²) >= 11 is 0. The summed E-state index contributed by atoms with van der Waals surface area (Å²) in [6, 6.07) is 0. The summed E-state index contributed by atoms with van der Waals surface area (Å²) < 4.78 is 21.2. The first kappa shape index (κ1) is 37.8. The predicted octanol–water partition coefficient (Wildman–Crippen LogP) is 10.1. The van der Waals surface area contributed by atoms with Crippen molar-refractivity contribution < 1.29 is 18.4 Å². The largest absolute Gasteiger partial charge is 0.414 e. The first-order valence-electron chi connectivity index (χ1n) is 18.1. The topological polar surface area (TPSA) is 48.0 Å². The van der Waals surface area contributed by atoms with Crippen molar-refractivity contribution in [1.29, 1.82) is 0 Å². The van der Waals surface area contributed by atoms with Crippen molar-refractivity contribution in [3.63, 3.8) is 0 Å². The molecule has 0 radical (unpaired) electrons. The van der Waals surface area contributed by atoms with Crippen LogP contribution in [0.25, 0.3) is 0 Å². The minimum atomic E-state index is -2.05. The Morgan fingerprint density at radius 1 is 0.913 bits per heavy atom. The molecule has 5 nitrogen and oxygen atoms in total. The predicted molar refractivity (Wildman–Crippen MR) is 198 cm³/mol. The number of carbonyl (C=O) groups excluding carboxylic acids is 1. The molecular weight excluding hydrogens is 603 g/mol. The van der Waals surface area contributed by atoms with Gasteiger partial charge >= 0.3 is 0 Å². The minimum Gasteiger partial charge on any atom is -0.414 e. The van der Waals surface area contributed by atoms with E-state index in [0.29, 0.717) is 24.9 Å². The van der Waals surface area contributed by atoms with Crippen LogP contribution in [0.5, 0.6) is 0 Å². The van der Waals surface area contributed by atoms with Crippen LogP contribution in [0.15, 0.2) is 34.9 Å².